The molecule has 0 saturated heterocycles. The molecule has 0 aliphatic rings. The van der Waals surface area contributed by atoms with Gasteiger partial charge in [0.1, 0.15) is 4.90 Å². The van der Waals surface area contributed by atoms with Gasteiger partial charge in [0.25, 0.3) is 21.6 Å². The Balaban J connectivity index is 1.94. The van der Waals surface area contributed by atoms with Crippen molar-refractivity contribution in [2.24, 2.45) is 0 Å². The van der Waals surface area contributed by atoms with Gasteiger partial charge in [0.2, 0.25) is 0 Å². The molecule has 31 heavy (non-hydrogen) atoms. The fraction of sp³-hybridized carbons (Fsp3) is 0.0952. The van der Waals surface area contributed by atoms with Crippen molar-refractivity contribution < 1.29 is 18.1 Å². The average molecular weight is 460 g/mol. The molecule has 0 spiro atoms. The maximum absolute atomic E-state index is 13.3. The number of benzene rings is 3. The van der Waals surface area contributed by atoms with E-state index in [0.717, 1.165) is 6.07 Å². The second kappa shape index (κ2) is 9.15. The van der Waals surface area contributed by atoms with Gasteiger partial charge in [-0.25, -0.2) is 8.42 Å². The monoisotopic (exact) mass is 459 g/mol. The maximum atomic E-state index is 13.3. The zero-order chi connectivity index (χ0) is 22.6. The highest BCUT2D eigenvalue weighted by molar-refractivity contribution is 7.93. The molecule has 10 heteroatoms. The van der Waals surface area contributed by atoms with Gasteiger partial charge in [-0.05, 0) is 43.3 Å². The molecule has 0 radical (unpaired) electrons. The van der Waals surface area contributed by atoms with Gasteiger partial charge in [-0.3, -0.25) is 19.2 Å². The summed E-state index contributed by atoms with van der Waals surface area (Å²) in [5, 5.41) is 13.5. The number of rotatable bonds is 7. The van der Waals surface area contributed by atoms with Crippen LogP contribution in [0.25, 0.3) is 0 Å². The predicted molar refractivity (Wildman–Crippen MR) is 119 cm³/mol. The summed E-state index contributed by atoms with van der Waals surface area (Å²) in [7, 11) is -4.01. The number of anilines is 2. The Morgan fingerprint density at radius 3 is 2.42 bits per heavy atom. The Morgan fingerprint density at radius 2 is 1.77 bits per heavy atom. The van der Waals surface area contributed by atoms with Crippen molar-refractivity contribution in [3.8, 4) is 0 Å². The number of sulfonamides is 1. The third-order valence-electron chi connectivity index (χ3n) is 4.41. The Hall–Kier alpha value is -3.43. The Labute approximate surface area is 184 Å². The smallest absolute Gasteiger partial charge is 0.270 e. The molecule has 0 saturated carbocycles. The Bertz CT molecular complexity index is 1230. The van der Waals surface area contributed by atoms with Crippen molar-refractivity contribution in [1.29, 1.82) is 0 Å². The third-order valence-corrected chi connectivity index (χ3v) is 6.79. The highest BCUT2D eigenvalue weighted by Crippen LogP contribution is 2.30. The van der Waals surface area contributed by atoms with Crippen LogP contribution in [0.4, 0.5) is 17.1 Å². The van der Waals surface area contributed by atoms with E-state index in [2.05, 4.69) is 5.32 Å². The van der Waals surface area contributed by atoms with Crippen LogP contribution in [0.1, 0.15) is 17.3 Å². The zero-order valence-electron chi connectivity index (χ0n) is 16.4. The lowest BCUT2D eigenvalue weighted by Gasteiger charge is -2.23. The molecule has 0 bridgehead atoms. The largest absolute Gasteiger partial charge is 0.322 e. The highest BCUT2D eigenvalue weighted by atomic mass is 35.5. The van der Waals surface area contributed by atoms with E-state index in [9.17, 15) is 23.3 Å². The summed E-state index contributed by atoms with van der Waals surface area (Å²) in [6.07, 6.45) is 0. The third kappa shape index (κ3) is 4.84. The average Bonchev–Trinajstić information content (AvgIpc) is 2.76. The van der Waals surface area contributed by atoms with Crippen LogP contribution in [-0.2, 0) is 10.0 Å². The number of nitrogens with zero attached hydrogens (tertiary/aromatic N) is 2. The van der Waals surface area contributed by atoms with E-state index in [4.69, 9.17) is 11.6 Å². The molecule has 1 amide bonds. The lowest BCUT2D eigenvalue weighted by Crippen LogP contribution is -2.31. The van der Waals surface area contributed by atoms with E-state index in [1.54, 1.807) is 37.3 Å². The lowest BCUT2D eigenvalue weighted by atomic mass is 10.2. The molecule has 0 fully saturated rings. The number of halogens is 1. The summed E-state index contributed by atoms with van der Waals surface area (Å²) in [5.74, 6) is -0.621. The molecule has 0 unspecified atom stereocenters. The van der Waals surface area contributed by atoms with Crippen molar-refractivity contribution >= 4 is 44.6 Å². The number of para-hydroxylation sites is 1. The SMILES string of the molecule is CCN(c1ccccc1)S(=O)(=O)c1cc(NC(=O)c2cccc([N+](=O)[O-])c2)ccc1Cl. The van der Waals surface area contributed by atoms with Crippen LogP contribution in [0.2, 0.25) is 5.02 Å². The lowest BCUT2D eigenvalue weighted by molar-refractivity contribution is -0.384. The number of nitro groups is 1. The Kier molecular flexibility index (Phi) is 6.57. The molecule has 1 N–H and O–H groups in total. The molecular formula is C21H18ClN3O5S. The number of carbonyl (C=O) groups is 1. The summed E-state index contributed by atoms with van der Waals surface area (Å²) in [6.45, 7) is 1.87. The van der Waals surface area contributed by atoms with Crippen LogP contribution >= 0.6 is 11.6 Å². The summed E-state index contributed by atoms with van der Waals surface area (Å²) in [4.78, 5) is 22.7. The maximum Gasteiger partial charge on any atom is 0.270 e. The molecule has 3 rings (SSSR count). The van der Waals surface area contributed by atoms with Crippen LogP contribution < -0.4 is 9.62 Å². The molecule has 0 atom stereocenters. The van der Waals surface area contributed by atoms with Crippen LogP contribution in [-0.4, -0.2) is 25.8 Å². The molecule has 3 aromatic rings. The number of non-ortho nitro benzene ring substituents is 1. The fourth-order valence-corrected chi connectivity index (χ4v) is 4.92. The molecular weight excluding hydrogens is 442 g/mol. The number of carbonyl (C=O) groups excluding carboxylic acids is 1. The number of amides is 1. The number of hydrogen-bond donors (Lipinski definition) is 1. The van der Waals surface area contributed by atoms with E-state index in [0.29, 0.717) is 5.69 Å². The van der Waals surface area contributed by atoms with E-state index in [1.165, 1.54) is 40.7 Å². The highest BCUT2D eigenvalue weighted by Gasteiger charge is 2.26. The predicted octanol–water partition coefficient (Wildman–Crippen LogP) is 4.72. The summed E-state index contributed by atoms with van der Waals surface area (Å²) < 4.78 is 27.7. The topological polar surface area (TPSA) is 110 Å². The van der Waals surface area contributed by atoms with Crippen LogP contribution in [0.15, 0.2) is 77.7 Å². The molecule has 0 aromatic heterocycles. The fourth-order valence-electron chi connectivity index (χ4n) is 2.95. The standard InChI is InChI=1S/C21H18ClN3O5S/c1-2-24(17-8-4-3-5-9-17)31(29,30)20-14-16(11-12-19(20)22)23-21(26)15-7-6-10-18(13-15)25(27)28/h3-14H,2H2,1H3,(H,23,26). The van der Waals surface area contributed by atoms with E-state index in [1.807, 2.05) is 0 Å². The summed E-state index contributed by atoms with van der Waals surface area (Å²) >= 11 is 6.18. The number of hydrogen-bond acceptors (Lipinski definition) is 5. The van der Waals surface area contributed by atoms with E-state index in [-0.39, 0.29) is 33.4 Å². The van der Waals surface area contributed by atoms with Gasteiger partial charge in [-0.15, -0.1) is 0 Å². The zero-order valence-corrected chi connectivity index (χ0v) is 17.9. The van der Waals surface area contributed by atoms with Gasteiger partial charge in [0.05, 0.1) is 15.6 Å². The molecule has 8 nitrogen and oxygen atoms in total. The van der Waals surface area contributed by atoms with Crippen LogP contribution in [0, 0.1) is 10.1 Å². The first kappa shape index (κ1) is 22.3. The summed E-state index contributed by atoms with van der Waals surface area (Å²) in [5.41, 5.74) is 0.497. The first-order chi connectivity index (χ1) is 14.7. The first-order valence-electron chi connectivity index (χ1n) is 9.17. The van der Waals surface area contributed by atoms with Crippen molar-refractivity contribution in [2.45, 2.75) is 11.8 Å². The molecule has 0 heterocycles. The molecule has 160 valence electrons. The minimum atomic E-state index is -4.01. The van der Waals surface area contributed by atoms with E-state index < -0.39 is 20.9 Å². The van der Waals surface area contributed by atoms with Crippen molar-refractivity contribution in [3.05, 3.63) is 93.5 Å². The van der Waals surface area contributed by atoms with Gasteiger partial charge in [-0.2, -0.15) is 0 Å². The van der Waals surface area contributed by atoms with Gasteiger partial charge < -0.3 is 5.32 Å². The second-order valence-electron chi connectivity index (χ2n) is 6.41. The van der Waals surface area contributed by atoms with Gasteiger partial charge in [0.15, 0.2) is 0 Å². The molecule has 0 aliphatic carbocycles. The molecule has 0 aliphatic heterocycles. The van der Waals surface area contributed by atoms with E-state index >= 15 is 0 Å². The molecule has 3 aromatic carbocycles. The van der Waals surface area contributed by atoms with Crippen molar-refractivity contribution in [2.75, 3.05) is 16.2 Å². The van der Waals surface area contributed by atoms with Crippen LogP contribution in [0.3, 0.4) is 0 Å². The normalized spacial score (nSPS) is 11.0. The minimum absolute atomic E-state index is 0.00253. The quantitative estimate of drug-likeness (QED) is 0.406. The summed E-state index contributed by atoms with van der Waals surface area (Å²) in [6, 6.07) is 17.9. The number of nitro benzene ring substituents is 1. The van der Waals surface area contributed by atoms with Crippen molar-refractivity contribution in [1.82, 2.24) is 0 Å². The van der Waals surface area contributed by atoms with Gasteiger partial charge >= 0.3 is 0 Å². The Morgan fingerprint density at radius 1 is 1.06 bits per heavy atom. The van der Waals surface area contributed by atoms with Crippen molar-refractivity contribution in [3.63, 3.8) is 0 Å². The van der Waals surface area contributed by atoms with Gasteiger partial charge in [-0.1, -0.05) is 35.9 Å². The van der Waals surface area contributed by atoms with Crippen LogP contribution in [0.5, 0.6) is 0 Å². The second-order valence-corrected chi connectivity index (χ2v) is 8.65. The first-order valence-corrected chi connectivity index (χ1v) is 11.0. The minimum Gasteiger partial charge on any atom is -0.322 e. The van der Waals surface area contributed by atoms with Gasteiger partial charge in [0, 0.05) is 29.9 Å². The number of nitrogens with one attached hydrogen (secondary N) is 1.